The Balaban J connectivity index is 2.78. The zero-order valence-electron chi connectivity index (χ0n) is 37.1. The van der Waals surface area contributed by atoms with Crippen LogP contribution in [0, 0.1) is 0 Å². The van der Waals surface area contributed by atoms with Gasteiger partial charge < -0.3 is 49.3 Å². The number of hydrogen-bond acceptors (Lipinski definition) is 14. The molecule has 1 aliphatic carbocycles. The van der Waals surface area contributed by atoms with Gasteiger partial charge in [-0.2, -0.15) is 0 Å². The summed E-state index contributed by atoms with van der Waals surface area (Å²) in [5.41, 5.74) is 0. The van der Waals surface area contributed by atoms with Crippen molar-refractivity contribution in [1.29, 1.82) is 0 Å². The van der Waals surface area contributed by atoms with Gasteiger partial charge in [0.25, 0.3) is 0 Å². The molecule has 1 fully saturated rings. The Morgan fingerprint density at radius 2 is 0.873 bits per heavy atom. The summed E-state index contributed by atoms with van der Waals surface area (Å²) >= 11 is 0. The van der Waals surface area contributed by atoms with E-state index in [4.69, 9.17) is 18.5 Å². The first-order chi connectivity index (χ1) is 29.8. The number of aliphatic hydroxyl groups is 3. The van der Waals surface area contributed by atoms with Crippen LogP contribution in [0.4, 0.5) is 0 Å². The molecule has 63 heavy (non-hydrogen) atoms. The Labute approximate surface area is 373 Å². The van der Waals surface area contributed by atoms with Crippen molar-refractivity contribution in [3.05, 3.63) is 24.3 Å². The summed E-state index contributed by atoms with van der Waals surface area (Å²) in [7, 11) is -16.6. The SMILES string of the molecule is CCCCCCC=CCCCCCCCC(=O)OCC(COP(=O)(O)OC1C(O)C(O)C(OP(=O)(O)O)C(OP(=O)(O)O)C1O)OC(=O)CCCCCCCC=CCCCCCC. The van der Waals surface area contributed by atoms with Crippen molar-refractivity contribution in [2.24, 2.45) is 0 Å². The molecule has 0 aromatic carbocycles. The Morgan fingerprint density at radius 3 is 1.32 bits per heavy atom. The fourth-order valence-electron chi connectivity index (χ4n) is 6.81. The van der Waals surface area contributed by atoms with E-state index in [1.54, 1.807) is 0 Å². The number of esters is 2. The molecule has 22 heteroatoms. The van der Waals surface area contributed by atoms with Crippen LogP contribution in [0.25, 0.3) is 0 Å². The minimum atomic E-state index is -5.60. The minimum absolute atomic E-state index is 0.0126. The third kappa shape index (κ3) is 30.5. The van der Waals surface area contributed by atoms with Crippen LogP contribution >= 0.6 is 23.5 Å². The predicted molar refractivity (Wildman–Crippen MR) is 234 cm³/mol. The van der Waals surface area contributed by atoms with E-state index < -0.39 is 91.3 Å². The van der Waals surface area contributed by atoms with Crippen molar-refractivity contribution < 1.29 is 90.6 Å². The van der Waals surface area contributed by atoms with Crippen molar-refractivity contribution >= 4 is 35.4 Å². The highest BCUT2D eigenvalue weighted by Gasteiger charge is 2.56. The van der Waals surface area contributed by atoms with Crippen LogP contribution in [0.5, 0.6) is 0 Å². The van der Waals surface area contributed by atoms with E-state index in [-0.39, 0.29) is 12.8 Å². The first-order valence-electron chi connectivity index (χ1n) is 22.6. The highest BCUT2D eigenvalue weighted by Crippen LogP contribution is 2.51. The molecule has 8 atom stereocenters. The maximum Gasteiger partial charge on any atom is 0.472 e. The molecule has 8 unspecified atom stereocenters. The van der Waals surface area contributed by atoms with Gasteiger partial charge in [0.1, 0.15) is 43.2 Å². The lowest BCUT2D eigenvalue weighted by Gasteiger charge is -2.44. The molecule has 0 spiro atoms. The molecule has 0 saturated heterocycles. The summed E-state index contributed by atoms with van der Waals surface area (Å²) in [6.07, 6.45) is 15.0. The predicted octanol–water partition coefficient (Wildman–Crippen LogP) is 7.51. The van der Waals surface area contributed by atoms with Crippen molar-refractivity contribution in [3.63, 3.8) is 0 Å². The van der Waals surface area contributed by atoms with E-state index >= 15 is 0 Å². The quantitative estimate of drug-likeness (QED) is 0.0128. The summed E-state index contributed by atoms with van der Waals surface area (Å²) in [4.78, 5) is 73.0. The highest BCUT2D eigenvalue weighted by atomic mass is 31.2. The summed E-state index contributed by atoms with van der Waals surface area (Å²) in [6, 6.07) is 0. The second-order valence-corrected chi connectivity index (χ2v) is 19.8. The normalized spacial score (nSPS) is 22.4. The van der Waals surface area contributed by atoms with Gasteiger partial charge in [0.2, 0.25) is 0 Å². The topological polar surface area (TPSA) is 303 Å². The Hall–Kier alpha value is -1.37. The largest absolute Gasteiger partial charge is 0.472 e. The second kappa shape index (κ2) is 34.0. The number of ether oxygens (including phenoxy) is 2. The Bertz CT molecular complexity index is 1440. The Morgan fingerprint density at radius 1 is 0.492 bits per heavy atom. The van der Waals surface area contributed by atoms with Gasteiger partial charge in [-0.1, -0.05) is 115 Å². The number of allylic oxidation sites excluding steroid dienone is 4. The molecule has 19 nitrogen and oxygen atoms in total. The van der Waals surface area contributed by atoms with Crippen LogP contribution in [0.3, 0.4) is 0 Å². The number of phosphoric ester groups is 3. The maximum atomic E-state index is 13.1. The van der Waals surface area contributed by atoms with Gasteiger partial charge in [0.05, 0.1) is 6.61 Å². The third-order valence-corrected chi connectivity index (χ3v) is 12.3. The molecule has 0 aromatic heterocycles. The number of phosphoric acid groups is 3. The van der Waals surface area contributed by atoms with Crippen molar-refractivity contribution in [1.82, 2.24) is 0 Å². The van der Waals surface area contributed by atoms with Gasteiger partial charge in [-0.15, -0.1) is 0 Å². The van der Waals surface area contributed by atoms with Crippen molar-refractivity contribution in [2.75, 3.05) is 13.2 Å². The number of carbonyl (C=O) groups excluding carboxylic acids is 2. The minimum Gasteiger partial charge on any atom is -0.462 e. The summed E-state index contributed by atoms with van der Waals surface area (Å²) in [5, 5.41) is 31.8. The van der Waals surface area contributed by atoms with E-state index in [0.29, 0.717) is 12.8 Å². The van der Waals surface area contributed by atoms with Crippen LogP contribution in [0.15, 0.2) is 24.3 Å². The molecule has 0 bridgehead atoms. The van der Waals surface area contributed by atoms with Gasteiger partial charge in [0, 0.05) is 12.8 Å². The average molecular weight is 967 g/mol. The lowest BCUT2D eigenvalue weighted by molar-refractivity contribution is -0.213. The first kappa shape index (κ1) is 59.6. The van der Waals surface area contributed by atoms with Gasteiger partial charge in [-0.05, 0) is 64.2 Å². The summed E-state index contributed by atoms with van der Waals surface area (Å²) < 4.78 is 65.3. The number of rotatable bonds is 38. The van der Waals surface area contributed by atoms with E-state index in [0.717, 1.165) is 77.0 Å². The van der Waals surface area contributed by atoms with E-state index in [2.05, 4.69) is 47.2 Å². The van der Waals surface area contributed by atoms with Crippen molar-refractivity contribution in [3.8, 4) is 0 Å². The fraction of sp³-hybridized carbons (Fsp3) is 0.854. The standard InChI is InChI=1S/C41H77O19P3/c1-3-5-7-9-11-13-15-17-19-21-23-25-27-29-34(42)55-31-33(57-35(43)30-28-26-24-22-20-18-16-14-12-10-8-6-4-2)32-56-63(53,54)60-39-36(44)37(45)40(58-61(47,48)49)41(38(39)46)59-62(50,51)52/h13-16,33,36-41,44-46H,3-12,17-32H2,1-2H3,(H,53,54)(H2,47,48,49)(H2,50,51,52). The van der Waals surface area contributed by atoms with Crippen LogP contribution in [0.1, 0.15) is 168 Å². The first-order valence-corrected chi connectivity index (χ1v) is 27.2. The molecular weight excluding hydrogens is 889 g/mol. The molecule has 8 N–H and O–H groups in total. The summed E-state index contributed by atoms with van der Waals surface area (Å²) in [5.74, 6) is -1.32. The number of aliphatic hydroxyl groups excluding tert-OH is 3. The zero-order chi connectivity index (χ0) is 47.2. The molecule has 0 aromatic rings. The third-order valence-electron chi connectivity index (χ3n) is 10.2. The van der Waals surface area contributed by atoms with Gasteiger partial charge in [0.15, 0.2) is 6.10 Å². The monoisotopic (exact) mass is 966 g/mol. The Kier molecular flexibility index (Phi) is 32.2. The molecule has 0 heterocycles. The van der Waals surface area contributed by atoms with Crippen molar-refractivity contribution in [2.45, 2.75) is 211 Å². The van der Waals surface area contributed by atoms with Crippen LogP contribution < -0.4 is 0 Å². The molecule has 0 aliphatic heterocycles. The van der Waals surface area contributed by atoms with E-state index in [1.807, 2.05) is 0 Å². The lowest BCUT2D eigenvalue weighted by atomic mass is 9.85. The second-order valence-electron chi connectivity index (χ2n) is 16.0. The maximum absolute atomic E-state index is 13.1. The van der Waals surface area contributed by atoms with E-state index in [9.17, 15) is 63.1 Å². The van der Waals surface area contributed by atoms with Gasteiger partial charge in [-0.3, -0.25) is 27.7 Å². The lowest BCUT2D eigenvalue weighted by Crippen LogP contribution is -2.65. The van der Waals surface area contributed by atoms with Gasteiger partial charge in [-0.25, -0.2) is 13.7 Å². The number of carbonyl (C=O) groups is 2. The van der Waals surface area contributed by atoms with E-state index in [1.165, 1.54) is 51.4 Å². The van der Waals surface area contributed by atoms with Crippen LogP contribution in [-0.4, -0.2) is 108 Å². The highest BCUT2D eigenvalue weighted by molar-refractivity contribution is 7.47. The zero-order valence-corrected chi connectivity index (χ0v) is 39.8. The molecular formula is C41H77O19P3. The number of hydrogen-bond donors (Lipinski definition) is 8. The average Bonchev–Trinajstić information content (AvgIpc) is 3.20. The molecule has 0 amide bonds. The molecule has 1 rings (SSSR count). The van der Waals surface area contributed by atoms with Crippen LogP contribution in [-0.2, 0) is 50.9 Å². The molecule has 370 valence electrons. The van der Waals surface area contributed by atoms with Crippen LogP contribution in [0.2, 0.25) is 0 Å². The fourth-order valence-corrected chi connectivity index (χ4v) is 8.90. The van der Waals surface area contributed by atoms with Gasteiger partial charge >= 0.3 is 35.4 Å². The molecule has 0 radical (unpaired) electrons. The molecule has 1 saturated carbocycles. The molecule has 1 aliphatic rings. The number of unbranched alkanes of at least 4 members (excludes halogenated alkanes) is 18. The summed E-state index contributed by atoms with van der Waals surface area (Å²) in [6.45, 7) is 2.88. The smallest absolute Gasteiger partial charge is 0.462 e.